The third-order valence-corrected chi connectivity index (χ3v) is 7.14. The van der Waals surface area contributed by atoms with Crippen molar-refractivity contribution >= 4 is 27.5 Å². The molecule has 2 aromatic carbocycles. The van der Waals surface area contributed by atoms with Gasteiger partial charge in [-0.25, -0.2) is 4.98 Å². The van der Waals surface area contributed by atoms with Crippen LogP contribution in [0.4, 0.5) is 0 Å². The lowest BCUT2D eigenvalue weighted by Gasteiger charge is -2.31. The molecule has 1 aromatic heterocycles. The standard InChI is InChI=1S/C26H33N3O3S/c1-29(21-12-15-31-16-13-21)14-17-32-22-7-4-6-20(18-22)19-27-25(30)10-5-11-26-28-23-8-2-3-9-24(23)33-26/h2-4,6-9,18,21H,5,10-17,19H2,1H3,(H,27,30). The third kappa shape index (κ3) is 7.25. The number of benzene rings is 2. The fourth-order valence-electron chi connectivity index (χ4n) is 4.08. The molecular weight excluding hydrogens is 434 g/mol. The van der Waals surface area contributed by atoms with E-state index >= 15 is 0 Å². The van der Waals surface area contributed by atoms with Crippen LogP contribution in [0.3, 0.4) is 0 Å². The highest BCUT2D eigenvalue weighted by Gasteiger charge is 2.18. The summed E-state index contributed by atoms with van der Waals surface area (Å²) >= 11 is 1.71. The molecule has 1 aliphatic rings. The van der Waals surface area contributed by atoms with Gasteiger partial charge in [-0.05, 0) is 62.6 Å². The molecule has 0 unspecified atom stereocenters. The van der Waals surface area contributed by atoms with Crippen molar-refractivity contribution in [3.05, 3.63) is 59.1 Å². The van der Waals surface area contributed by atoms with E-state index in [0.29, 0.717) is 25.6 Å². The zero-order valence-electron chi connectivity index (χ0n) is 19.3. The first-order valence-electron chi connectivity index (χ1n) is 11.8. The number of para-hydroxylation sites is 1. The number of carbonyl (C=O) groups is 1. The van der Waals surface area contributed by atoms with Crippen LogP contribution in [0.15, 0.2) is 48.5 Å². The quantitative estimate of drug-likeness (QED) is 0.452. The predicted molar refractivity (Wildman–Crippen MR) is 133 cm³/mol. The minimum absolute atomic E-state index is 0.0699. The van der Waals surface area contributed by atoms with E-state index in [1.165, 1.54) is 4.70 Å². The Morgan fingerprint density at radius 3 is 2.91 bits per heavy atom. The number of likely N-dealkylation sites (N-methyl/N-ethyl adjacent to an activating group) is 1. The molecule has 2 heterocycles. The summed E-state index contributed by atoms with van der Waals surface area (Å²) < 4.78 is 12.6. The summed E-state index contributed by atoms with van der Waals surface area (Å²) in [7, 11) is 2.15. The van der Waals surface area contributed by atoms with Gasteiger partial charge < -0.3 is 14.8 Å². The summed E-state index contributed by atoms with van der Waals surface area (Å²) in [4.78, 5) is 19.3. The number of rotatable bonds is 11. The fraction of sp³-hybridized carbons (Fsp3) is 0.462. The van der Waals surface area contributed by atoms with Crippen molar-refractivity contribution < 1.29 is 14.3 Å². The number of hydrogen-bond acceptors (Lipinski definition) is 6. The maximum atomic E-state index is 12.3. The Kier molecular flexibility index (Phi) is 8.69. The maximum Gasteiger partial charge on any atom is 0.220 e. The highest BCUT2D eigenvalue weighted by atomic mass is 32.1. The maximum absolute atomic E-state index is 12.3. The number of aryl methyl sites for hydroxylation is 1. The van der Waals surface area contributed by atoms with E-state index in [1.807, 2.05) is 42.5 Å². The molecule has 1 aliphatic heterocycles. The van der Waals surface area contributed by atoms with Crippen molar-refractivity contribution in [1.29, 1.82) is 0 Å². The first-order valence-corrected chi connectivity index (χ1v) is 12.6. The Hall–Kier alpha value is -2.48. The first-order chi connectivity index (χ1) is 16.2. The van der Waals surface area contributed by atoms with Crippen LogP contribution in [-0.4, -0.2) is 55.2 Å². The molecule has 0 radical (unpaired) electrons. The van der Waals surface area contributed by atoms with E-state index in [9.17, 15) is 4.79 Å². The Balaban J connectivity index is 1.14. The molecule has 1 saturated heterocycles. The van der Waals surface area contributed by atoms with Gasteiger partial charge in [0.2, 0.25) is 5.91 Å². The van der Waals surface area contributed by atoms with Crippen molar-refractivity contribution in [1.82, 2.24) is 15.2 Å². The third-order valence-electron chi connectivity index (χ3n) is 6.05. The van der Waals surface area contributed by atoms with E-state index in [0.717, 1.165) is 67.3 Å². The van der Waals surface area contributed by atoms with E-state index in [-0.39, 0.29) is 5.91 Å². The van der Waals surface area contributed by atoms with Gasteiger partial charge in [0.15, 0.2) is 0 Å². The minimum atomic E-state index is 0.0699. The smallest absolute Gasteiger partial charge is 0.220 e. The van der Waals surface area contributed by atoms with Gasteiger partial charge in [-0.15, -0.1) is 11.3 Å². The topological polar surface area (TPSA) is 63.7 Å². The molecular formula is C26H33N3O3S. The number of carbonyl (C=O) groups excluding carboxylic acids is 1. The van der Waals surface area contributed by atoms with Crippen molar-refractivity contribution in [3.63, 3.8) is 0 Å². The summed E-state index contributed by atoms with van der Waals surface area (Å²) in [6.07, 6.45) is 4.32. The second-order valence-electron chi connectivity index (χ2n) is 8.53. The molecule has 0 bridgehead atoms. The zero-order valence-corrected chi connectivity index (χ0v) is 20.1. The second-order valence-corrected chi connectivity index (χ2v) is 9.64. The molecule has 0 atom stereocenters. The molecule has 33 heavy (non-hydrogen) atoms. The van der Waals surface area contributed by atoms with Crippen molar-refractivity contribution in [2.24, 2.45) is 0 Å². The predicted octanol–water partition coefficient (Wildman–Crippen LogP) is 4.43. The van der Waals surface area contributed by atoms with Gasteiger partial charge in [-0.3, -0.25) is 9.69 Å². The zero-order chi connectivity index (χ0) is 22.9. The van der Waals surface area contributed by atoms with Crippen LogP contribution < -0.4 is 10.1 Å². The van der Waals surface area contributed by atoms with Gasteiger partial charge in [0.25, 0.3) is 0 Å². The minimum Gasteiger partial charge on any atom is -0.492 e. The van der Waals surface area contributed by atoms with Crippen LogP contribution in [0.1, 0.15) is 36.3 Å². The van der Waals surface area contributed by atoms with Crippen LogP contribution >= 0.6 is 11.3 Å². The number of ether oxygens (including phenoxy) is 2. The molecule has 6 nitrogen and oxygen atoms in total. The lowest BCUT2D eigenvalue weighted by Crippen LogP contribution is -2.38. The van der Waals surface area contributed by atoms with Crippen molar-refractivity contribution in [3.8, 4) is 5.75 Å². The highest BCUT2D eigenvalue weighted by molar-refractivity contribution is 7.18. The lowest BCUT2D eigenvalue weighted by molar-refractivity contribution is -0.121. The van der Waals surface area contributed by atoms with Crippen LogP contribution in [-0.2, 0) is 22.5 Å². The number of hydrogen-bond donors (Lipinski definition) is 1. The van der Waals surface area contributed by atoms with Crippen molar-refractivity contribution in [2.75, 3.05) is 33.4 Å². The van der Waals surface area contributed by atoms with Gasteiger partial charge in [-0.1, -0.05) is 24.3 Å². The van der Waals surface area contributed by atoms with Crippen LogP contribution in [0, 0.1) is 0 Å². The molecule has 1 N–H and O–H groups in total. The molecule has 1 fully saturated rings. The molecule has 0 aliphatic carbocycles. The van der Waals surface area contributed by atoms with Gasteiger partial charge in [0, 0.05) is 38.8 Å². The number of thiazole rings is 1. The average Bonchev–Trinajstić information content (AvgIpc) is 3.26. The number of amides is 1. The molecule has 0 saturated carbocycles. The summed E-state index contributed by atoms with van der Waals surface area (Å²) in [6.45, 7) is 3.76. The summed E-state index contributed by atoms with van der Waals surface area (Å²) in [6, 6.07) is 16.7. The van der Waals surface area contributed by atoms with Gasteiger partial charge in [-0.2, -0.15) is 0 Å². The van der Waals surface area contributed by atoms with Crippen LogP contribution in [0.25, 0.3) is 10.2 Å². The molecule has 176 valence electrons. The largest absolute Gasteiger partial charge is 0.492 e. The van der Waals surface area contributed by atoms with E-state index in [1.54, 1.807) is 11.3 Å². The molecule has 3 aromatic rings. The van der Waals surface area contributed by atoms with Gasteiger partial charge in [0.05, 0.1) is 15.2 Å². The number of aromatic nitrogens is 1. The highest BCUT2D eigenvalue weighted by Crippen LogP contribution is 2.22. The van der Waals surface area contributed by atoms with Gasteiger partial charge >= 0.3 is 0 Å². The Morgan fingerprint density at radius 2 is 2.06 bits per heavy atom. The summed E-state index contributed by atoms with van der Waals surface area (Å²) in [5, 5.41) is 4.12. The van der Waals surface area contributed by atoms with E-state index < -0.39 is 0 Å². The monoisotopic (exact) mass is 467 g/mol. The number of nitrogens with zero attached hydrogens (tertiary/aromatic N) is 2. The van der Waals surface area contributed by atoms with Crippen molar-refractivity contribution in [2.45, 2.75) is 44.7 Å². The SMILES string of the molecule is CN(CCOc1cccc(CNC(=O)CCCc2nc3ccccc3s2)c1)C1CCOCC1. The summed E-state index contributed by atoms with van der Waals surface area (Å²) in [5.74, 6) is 0.915. The molecule has 4 rings (SSSR count). The first kappa shape index (κ1) is 23.7. The Bertz CT molecular complexity index is 999. The summed E-state index contributed by atoms with van der Waals surface area (Å²) in [5.41, 5.74) is 2.09. The van der Waals surface area contributed by atoms with Crippen LogP contribution in [0.2, 0.25) is 0 Å². The second kappa shape index (κ2) is 12.1. The lowest BCUT2D eigenvalue weighted by atomic mass is 10.1. The normalized spacial score (nSPS) is 14.6. The average molecular weight is 468 g/mol. The van der Waals surface area contributed by atoms with E-state index in [4.69, 9.17) is 9.47 Å². The number of fused-ring (bicyclic) bond motifs is 1. The number of nitrogens with one attached hydrogen (secondary N) is 1. The van der Waals surface area contributed by atoms with Crippen LogP contribution in [0.5, 0.6) is 5.75 Å². The van der Waals surface area contributed by atoms with Gasteiger partial charge in [0.1, 0.15) is 12.4 Å². The molecule has 7 heteroatoms. The Morgan fingerprint density at radius 1 is 1.21 bits per heavy atom. The van der Waals surface area contributed by atoms with E-state index in [2.05, 4.69) is 28.3 Å². The molecule has 1 amide bonds. The fourth-order valence-corrected chi connectivity index (χ4v) is 5.09. The molecule has 0 spiro atoms. The Labute approximate surface area is 199 Å².